The number of carboxylic acid groups (broad SMARTS) is 1. The molecule has 3 rings (SSSR count). The highest BCUT2D eigenvalue weighted by atomic mass is 127. The Morgan fingerprint density at radius 3 is 2.42 bits per heavy atom. The first-order valence-corrected chi connectivity index (χ1v) is 8.65. The summed E-state index contributed by atoms with van der Waals surface area (Å²) in [4.78, 5) is 16.4. The van der Waals surface area contributed by atoms with Crippen LogP contribution in [0.5, 0.6) is 0 Å². The summed E-state index contributed by atoms with van der Waals surface area (Å²) >= 11 is 2.25. The molecule has 122 valence electrons. The van der Waals surface area contributed by atoms with Gasteiger partial charge in [-0.25, -0.2) is 4.79 Å². The van der Waals surface area contributed by atoms with Crippen molar-refractivity contribution in [2.75, 3.05) is 0 Å². The highest BCUT2D eigenvalue weighted by Crippen LogP contribution is 2.42. The molecule has 1 atom stereocenters. The van der Waals surface area contributed by atoms with E-state index in [1.807, 2.05) is 56.3 Å². The standard InChI is InChI=1S/C19H17IN2O2/c1-11-16(15-5-3-4-10-21-15)18(13-6-8-14(20)9-7-13)17(19(23)24)12(2)22-11/h3-10,18,22H,1-2H3,(H,23,24). The summed E-state index contributed by atoms with van der Waals surface area (Å²) in [6, 6.07) is 13.7. The summed E-state index contributed by atoms with van der Waals surface area (Å²) in [5.74, 6) is -1.26. The number of hydrogen-bond acceptors (Lipinski definition) is 3. The number of nitrogens with one attached hydrogen (secondary N) is 1. The minimum atomic E-state index is -0.913. The smallest absolute Gasteiger partial charge is 0.334 e. The monoisotopic (exact) mass is 432 g/mol. The van der Waals surface area contributed by atoms with Crippen molar-refractivity contribution < 1.29 is 9.90 Å². The van der Waals surface area contributed by atoms with Crippen LogP contribution in [0.2, 0.25) is 0 Å². The first kappa shape index (κ1) is 16.7. The molecule has 1 unspecified atom stereocenters. The van der Waals surface area contributed by atoms with Gasteiger partial charge >= 0.3 is 5.97 Å². The maximum Gasteiger partial charge on any atom is 0.334 e. The van der Waals surface area contributed by atoms with Gasteiger partial charge in [-0.15, -0.1) is 0 Å². The van der Waals surface area contributed by atoms with Crippen LogP contribution in [0.25, 0.3) is 5.57 Å². The molecule has 1 aromatic heterocycles. The zero-order valence-corrected chi connectivity index (χ0v) is 15.5. The number of aromatic nitrogens is 1. The first-order valence-electron chi connectivity index (χ1n) is 7.57. The molecule has 0 spiro atoms. The molecule has 0 bridgehead atoms. The summed E-state index contributed by atoms with van der Waals surface area (Å²) < 4.78 is 1.11. The predicted molar refractivity (Wildman–Crippen MR) is 102 cm³/mol. The lowest BCUT2D eigenvalue weighted by Gasteiger charge is -2.30. The van der Waals surface area contributed by atoms with Gasteiger partial charge in [0.15, 0.2) is 0 Å². The maximum atomic E-state index is 12.0. The van der Waals surface area contributed by atoms with E-state index in [2.05, 4.69) is 32.9 Å². The molecule has 0 aliphatic carbocycles. The third-order valence-electron chi connectivity index (χ3n) is 4.13. The van der Waals surface area contributed by atoms with Crippen LogP contribution < -0.4 is 5.32 Å². The van der Waals surface area contributed by atoms with Crippen LogP contribution in [0, 0.1) is 3.57 Å². The SMILES string of the molecule is CC1=C(C(=O)O)C(c2ccc(I)cc2)C(c2ccccn2)=C(C)N1. The normalized spacial score (nSPS) is 17.7. The Morgan fingerprint density at radius 1 is 1.12 bits per heavy atom. The van der Waals surface area contributed by atoms with E-state index in [9.17, 15) is 9.90 Å². The van der Waals surface area contributed by atoms with Gasteiger partial charge in [0.1, 0.15) is 0 Å². The largest absolute Gasteiger partial charge is 0.478 e. The number of pyridine rings is 1. The molecule has 0 saturated heterocycles. The number of carboxylic acids is 1. The van der Waals surface area contributed by atoms with Crippen molar-refractivity contribution in [3.63, 3.8) is 0 Å². The topological polar surface area (TPSA) is 62.2 Å². The Kier molecular flexibility index (Phi) is 4.71. The number of dihydropyridines is 1. The van der Waals surface area contributed by atoms with Gasteiger partial charge in [0.2, 0.25) is 0 Å². The van der Waals surface area contributed by atoms with Gasteiger partial charge < -0.3 is 10.4 Å². The maximum absolute atomic E-state index is 12.0. The van der Waals surface area contributed by atoms with Crippen molar-refractivity contribution >= 4 is 34.1 Å². The summed E-state index contributed by atoms with van der Waals surface area (Å²) in [6.07, 6.45) is 1.73. The molecule has 0 saturated carbocycles. The Morgan fingerprint density at radius 2 is 1.83 bits per heavy atom. The van der Waals surface area contributed by atoms with Crippen LogP contribution in [-0.2, 0) is 4.79 Å². The van der Waals surface area contributed by atoms with E-state index >= 15 is 0 Å². The van der Waals surface area contributed by atoms with Gasteiger partial charge in [-0.3, -0.25) is 4.98 Å². The predicted octanol–water partition coefficient (Wildman–Crippen LogP) is 4.16. The molecule has 5 heteroatoms. The average Bonchev–Trinajstić information content (AvgIpc) is 2.55. The van der Waals surface area contributed by atoms with E-state index < -0.39 is 5.97 Å². The van der Waals surface area contributed by atoms with E-state index in [1.165, 1.54) is 0 Å². The Labute approximate surface area is 154 Å². The van der Waals surface area contributed by atoms with Gasteiger partial charge in [0.25, 0.3) is 0 Å². The lowest BCUT2D eigenvalue weighted by Crippen LogP contribution is -2.27. The highest BCUT2D eigenvalue weighted by molar-refractivity contribution is 14.1. The second-order valence-electron chi connectivity index (χ2n) is 5.71. The number of aliphatic carboxylic acids is 1. The number of halogens is 1. The van der Waals surface area contributed by atoms with Gasteiger partial charge in [0.05, 0.1) is 11.3 Å². The number of rotatable bonds is 3. The minimum Gasteiger partial charge on any atom is -0.478 e. The summed E-state index contributed by atoms with van der Waals surface area (Å²) in [5, 5.41) is 13.0. The first-order chi connectivity index (χ1) is 11.5. The highest BCUT2D eigenvalue weighted by Gasteiger charge is 2.34. The minimum absolute atomic E-state index is 0.351. The summed E-state index contributed by atoms with van der Waals surface area (Å²) in [7, 11) is 0. The van der Waals surface area contributed by atoms with E-state index in [-0.39, 0.29) is 5.92 Å². The molecular weight excluding hydrogens is 415 g/mol. The van der Waals surface area contributed by atoms with E-state index in [4.69, 9.17) is 0 Å². The quantitative estimate of drug-likeness (QED) is 0.716. The van der Waals surface area contributed by atoms with Crippen molar-refractivity contribution in [3.05, 3.63) is 80.5 Å². The van der Waals surface area contributed by atoms with Gasteiger partial charge in [0, 0.05) is 32.7 Å². The second-order valence-corrected chi connectivity index (χ2v) is 6.95. The van der Waals surface area contributed by atoms with E-state index in [0.29, 0.717) is 11.3 Å². The summed E-state index contributed by atoms with van der Waals surface area (Å²) in [6.45, 7) is 3.77. The van der Waals surface area contributed by atoms with Crippen LogP contribution in [0.1, 0.15) is 31.0 Å². The Hall–Kier alpha value is -2.15. The lowest BCUT2D eigenvalue weighted by molar-refractivity contribution is -0.132. The van der Waals surface area contributed by atoms with E-state index in [1.54, 1.807) is 6.20 Å². The van der Waals surface area contributed by atoms with Crippen molar-refractivity contribution in [2.24, 2.45) is 0 Å². The second kappa shape index (κ2) is 6.76. The van der Waals surface area contributed by atoms with Crippen molar-refractivity contribution in [3.8, 4) is 0 Å². The fourth-order valence-electron chi connectivity index (χ4n) is 3.13. The molecule has 2 N–H and O–H groups in total. The molecule has 2 heterocycles. The van der Waals surface area contributed by atoms with Crippen molar-refractivity contribution in [1.29, 1.82) is 0 Å². The molecule has 2 aromatic rings. The fourth-order valence-corrected chi connectivity index (χ4v) is 3.49. The van der Waals surface area contributed by atoms with Crippen molar-refractivity contribution in [1.82, 2.24) is 10.3 Å². The summed E-state index contributed by atoms with van der Waals surface area (Å²) in [5.41, 5.74) is 4.61. The van der Waals surface area contributed by atoms with Crippen LogP contribution in [0.15, 0.2) is 65.6 Å². The number of allylic oxidation sites excluding steroid dienone is 3. The van der Waals surface area contributed by atoms with E-state index in [0.717, 1.165) is 26.1 Å². The molecule has 1 aliphatic heterocycles. The number of benzene rings is 1. The lowest BCUT2D eigenvalue weighted by atomic mass is 9.79. The molecule has 1 aromatic carbocycles. The molecule has 24 heavy (non-hydrogen) atoms. The number of nitrogens with zero attached hydrogens (tertiary/aromatic N) is 1. The van der Waals surface area contributed by atoms with Gasteiger partial charge in [-0.2, -0.15) is 0 Å². The van der Waals surface area contributed by atoms with Gasteiger partial charge in [-0.1, -0.05) is 18.2 Å². The fraction of sp³-hybridized carbons (Fsp3) is 0.158. The third kappa shape index (κ3) is 3.08. The zero-order chi connectivity index (χ0) is 17.3. The van der Waals surface area contributed by atoms with Crippen LogP contribution in [0.4, 0.5) is 0 Å². The van der Waals surface area contributed by atoms with Crippen LogP contribution in [-0.4, -0.2) is 16.1 Å². The van der Waals surface area contributed by atoms with Crippen LogP contribution >= 0.6 is 22.6 Å². The van der Waals surface area contributed by atoms with Crippen molar-refractivity contribution in [2.45, 2.75) is 19.8 Å². The molecule has 0 amide bonds. The molecule has 4 nitrogen and oxygen atoms in total. The molecule has 0 fully saturated rings. The molecular formula is C19H17IN2O2. The zero-order valence-electron chi connectivity index (χ0n) is 13.4. The number of carbonyl (C=O) groups is 1. The molecule has 1 aliphatic rings. The Balaban J connectivity index is 2.23. The number of hydrogen-bond donors (Lipinski definition) is 2. The molecule has 0 radical (unpaired) electrons. The third-order valence-corrected chi connectivity index (χ3v) is 4.85. The average molecular weight is 432 g/mol. The van der Waals surface area contributed by atoms with Gasteiger partial charge in [-0.05, 0) is 66.3 Å². The van der Waals surface area contributed by atoms with Crippen LogP contribution in [0.3, 0.4) is 0 Å². The Bertz CT molecular complexity index is 839.